The molecule has 0 aliphatic carbocycles. The van der Waals surface area contributed by atoms with Crippen LogP contribution in [-0.4, -0.2) is 87.8 Å². The van der Waals surface area contributed by atoms with Crippen LogP contribution in [0.1, 0.15) is 26.3 Å². The summed E-state index contributed by atoms with van der Waals surface area (Å²) in [5.41, 5.74) is 0.635. The lowest BCUT2D eigenvalue weighted by atomic mass is 9.91. The molecule has 0 N–H and O–H groups in total. The van der Waals surface area contributed by atoms with E-state index in [0.717, 1.165) is 4.90 Å². The Hall–Kier alpha value is -3.43. The van der Waals surface area contributed by atoms with E-state index in [2.05, 4.69) is 10.1 Å². The molecule has 4 rings (SSSR count). The normalized spacial score (nSPS) is 21.2. The van der Waals surface area contributed by atoms with Gasteiger partial charge in [0, 0.05) is 25.1 Å². The summed E-state index contributed by atoms with van der Waals surface area (Å²) >= 11 is 0. The molecule has 3 aliphatic rings. The van der Waals surface area contributed by atoms with Crippen LogP contribution in [0, 0.1) is 11.2 Å². The monoisotopic (exact) mass is 427 g/mol. The third-order valence-electron chi connectivity index (χ3n) is 5.61. The molecule has 0 bridgehead atoms. The smallest absolute Gasteiger partial charge is 0.295 e. The fourth-order valence-corrected chi connectivity index (χ4v) is 3.61. The van der Waals surface area contributed by atoms with Crippen molar-refractivity contribution in [3.05, 3.63) is 35.6 Å². The standard InChI is InChI=1S/C21H24FN6O3/c1-21(2,3)15(29)11-28-19-23-17-16(18(30)26(5)20(31)25(17)4)27(19)10-14(24-28)12-6-8-13(22)9-7-12/h6-9,16H,10-11H2,1-5H3/q+1. The molecule has 0 aromatic heterocycles. The molecular formula is C21H24FN6O3+. The van der Waals surface area contributed by atoms with Crippen LogP contribution in [0.5, 0.6) is 0 Å². The number of ketones is 1. The summed E-state index contributed by atoms with van der Waals surface area (Å²) in [4.78, 5) is 45.0. The highest BCUT2D eigenvalue weighted by Gasteiger charge is 2.54. The number of fused-ring (bicyclic) bond motifs is 2. The van der Waals surface area contributed by atoms with Gasteiger partial charge in [0.2, 0.25) is 11.9 Å². The number of amides is 3. The molecule has 3 amide bonds. The number of hydrogen-bond donors (Lipinski definition) is 0. The summed E-state index contributed by atoms with van der Waals surface area (Å²) in [5, 5.41) is 6.08. The van der Waals surface area contributed by atoms with E-state index in [9.17, 15) is 18.8 Å². The third-order valence-corrected chi connectivity index (χ3v) is 5.61. The van der Waals surface area contributed by atoms with Crippen molar-refractivity contribution in [2.75, 3.05) is 27.2 Å². The first-order valence-corrected chi connectivity index (χ1v) is 9.90. The number of carbonyl (C=O) groups excluding carboxylic acids is 3. The first-order valence-electron chi connectivity index (χ1n) is 9.90. The van der Waals surface area contributed by atoms with Crippen molar-refractivity contribution in [3.63, 3.8) is 0 Å². The maximum atomic E-state index is 13.4. The number of urea groups is 1. The Balaban J connectivity index is 1.78. The fraction of sp³-hybridized carbons (Fsp3) is 0.429. The topological polar surface area (TPSA) is 88.7 Å². The Morgan fingerprint density at radius 3 is 2.42 bits per heavy atom. The molecule has 1 fully saturated rings. The predicted molar refractivity (Wildman–Crippen MR) is 111 cm³/mol. The number of likely N-dealkylation sites (N-methyl/N-ethyl adjacent to an activating group) is 2. The van der Waals surface area contributed by atoms with Gasteiger partial charge in [-0.2, -0.15) is 0 Å². The van der Waals surface area contributed by atoms with Gasteiger partial charge in [0.1, 0.15) is 18.1 Å². The number of amidine groups is 1. The highest BCUT2D eigenvalue weighted by Crippen LogP contribution is 2.24. The number of carbonyl (C=O) groups is 3. The molecule has 0 radical (unpaired) electrons. The average Bonchev–Trinajstić information content (AvgIpc) is 3.10. The van der Waals surface area contributed by atoms with Crippen LogP contribution in [-0.2, 0) is 9.59 Å². The average molecular weight is 427 g/mol. The summed E-state index contributed by atoms with van der Waals surface area (Å²) < 4.78 is 15.2. The minimum absolute atomic E-state index is 0.0504. The van der Waals surface area contributed by atoms with Crippen molar-refractivity contribution in [1.82, 2.24) is 14.8 Å². The number of imide groups is 1. The van der Waals surface area contributed by atoms with Gasteiger partial charge >= 0.3 is 12.0 Å². The Kier molecular flexibility index (Phi) is 4.75. The van der Waals surface area contributed by atoms with Crippen LogP contribution in [0.25, 0.3) is 0 Å². The first kappa shape index (κ1) is 20.8. The molecule has 0 spiro atoms. The van der Waals surface area contributed by atoms with Crippen molar-refractivity contribution in [2.45, 2.75) is 26.8 Å². The van der Waals surface area contributed by atoms with Crippen LogP contribution in [0.4, 0.5) is 9.18 Å². The second-order valence-electron chi connectivity index (χ2n) is 8.82. The number of Topliss-reactive ketones (excluding diaryl/α,β-unsaturated/α-hetero) is 1. The molecule has 0 saturated carbocycles. The lowest BCUT2D eigenvalue weighted by Crippen LogP contribution is -2.62. The number of guanidine groups is 1. The van der Waals surface area contributed by atoms with Crippen LogP contribution in [0.15, 0.2) is 34.4 Å². The van der Waals surface area contributed by atoms with E-state index in [4.69, 9.17) is 0 Å². The lowest BCUT2D eigenvalue weighted by molar-refractivity contribution is -0.527. The number of rotatable bonds is 3. The van der Waals surface area contributed by atoms with Gasteiger partial charge in [-0.25, -0.2) is 13.8 Å². The molecule has 10 heteroatoms. The molecule has 9 nitrogen and oxygen atoms in total. The van der Waals surface area contributed by atoms with Crippen molar-refractivity contribution in [3.8, 4) is 0 Å². The largest absolute Gasteiger partial charge is 0.417 e. The zero-order valence-corrected chi connectivity index (χ0v) is 18.1. The summed E-state index contributed by atoms with van der Waals surface area (Å²) in [5.74, 6) is -0.201. The molecule has 162 valence electrons. The zero-order chi connectivity index (χ0) is 22.7. The SMILES string of the molecule is CN1C(=O)C2C(=NC3=[N+]2CC(c2ccc(F)cc2)=NN3CC(=O)C(C)(C)C)N(C)C1=O. The van der Waals surface area contributed by atoms with Gasteiger partial charge in [0.15, 0.2) is 12.3 Å². The van der Waals surface area contributed by atoms with Gasteiger partial charge in [-0.1, -0.05) is 37.9 Å². The maximum absolute atomic E-state index is 13.4. The van der Waals surface area contributed by atoms with E-state index in [1.165, 1.54) is 29.1 Å². The first-order chi connectivity index (χ1) is 14.5. The number of benzene rings is 1. The van der Waals surface area contributed by atoms with Crippen molar-refractivity contribution < 1.29 is 23.3 Å². The van der Waals surface area contributed by atoms with Gasteiger partial charge in [-0.15, -0.1) is 10.1 Å². The summed E-state index contributed by atoms with van der Waals surface area (Å²) in [6, 6.07) is 4.59. The van der Waals surface area contributed by atoms with Gasteiger partial charge in [0.05, 0.1) is 0 Å². The predicted octanol–water partition coefficient (Wildman–Crippen LogP) is 1.13. The van der Waals surface area contributed by atoms with Gasteiger partial charge in [0.25, 0.3) is 5.91 Å². The Bertz CT molecular complexity index is 1080. The van der Waals surface area contributed by atoms with Crippen LogP contribution >= 0.6 is 0 Å². The van der Waals surface area contributed by atoms with E-state index < -0.39 is 23.4 Å². The van der Waals surface area contributed by atoms with Crippen LogP contribution in [0.2, 0.25) is 0 Å². The Morgan fingerprint density at radius 1 is 1.16 bits per heavy atom. The molecule has 1 aromatic rings. The van der Waals surface area contributed by atoms with Crippen molar-refractivity contribution in [1.29, 1.82) is 0 Å². The number of hydrazone groups is 1. The van der Waals surface area contributed by atoms with Crippen LogP contribution in [0.3, 0.4) is 0 Å². The number of hydrogen-bond acceptors (Lipinski definition) is 6. The second-order valence-corrected chi connectivity index (χ2v) is 8.82. The minimum atomic E-state index is -0.805. The summed E-state index contributed by atoms with van der Waals surface area (Å²) in [6.45, 7) is 5.62. The number of aliphatic imine (C=N–C) groups is 1. The molecule has 31 heavy (non-hydrogen) atoms. The van der Waals surface area contributed by atoms with E-state index in [1.807, 2.05) is 20.8 Å². The highest BCUT2D eigenvalue weighted by molar-refractivity contribution is 6.23. The van der Waals surface area contributed by atoms with Gasteiger partial charge < -0.3 is 0 Å². The van der Waals surface area contributed by atoms with E-state index in [1.54, 1.807) is 23.8 Å². The minimum Gasteiger partial charge on any atom is -0.295 e. The highest BCUT2D eigenvalue weighted by atomic mass is 19.1. The van der Waals surface area contributed by atoms with Crippen molar-refractivity contribution in [2.24, 2.45) is 15.5 Å². The molecule has 1 atom stereocenters. The third kappa shape index (κ3) is 3.41. The van der Waals surface area contributed by atoms with Gasteiger partial charge in [-0.3, -0.25) is 19.4 Å². The van der Waals surface area contributed by atoms with E-state index >= 15 is 0 Å². The number of nitrogens with zero attached hydrogens (tertiary/aromatic N) is 6. The molecule has 1 saturated heterocycles. The zero-order valence-electron chi connectivity index (χ0n) is 18.1. The summed E-state index contributed by atoms with van der Waals surface area (Å²) in [7, 11) is 2.98. The molecular weight excluding hydrogens is 403 g/mol. The van der Waals surface area contributed by atoms with E-state index in [-0.39, 0.29) is 24.7 Å². The lowest BCUT2D eigenvalue weighted by Gasteiger charge is -2.32. The molecule has 3 heterocycles. The quantitative estimate of drug-likeness (QED) is 0.677. The van der Waals surface area contributed by atoms with Gasteiger partial charge in [-0.05, 0) is 12.1 Å². The maximum Gasteiger partial charge on any atom is 0.417 e. The molecule has 1 unspecified atom stereocenters. The number of halogens is 1. The molecule has 3 aliphatic heterocycles. The second kappa shape index (κ2) is 7.07. The van der Waals surface area contributed by atoms with E-state index in [0.29, 0.717) is 23.1 Å². The van der Waals surface area contributed by atoms with Crippen LogP contribution < -0.4 is 0 Å². The Morgan fingerprint density at radius 2 is 1.81 bits per heavy atom. The van der Waals surface area contributed by atoms with Crippen molar-refractivity contribution >= 4 is 35.2 Å². The Labute approximate surface area is 179 Å². The summed E-state index contributed by atoms with van der Waals surface area (Å²) in [6.07, 6.45) is 0. The molecule has 1 aromatic carbocycles. The fourth-order valence-electron chi connectivity index (χ4n) is 3.61.